The molecular weight excluding hydrogens is 236 g/mol. The van der Waals surface area contributed by atoms with E-state index in [-0.39, 0.29) is 11.8 Å². The maximum Gasteiger partial charge on any atom is 0.179 e. The lowest BCUT2D eigenvalue weighted by Gasteiger charge is -2.41. The van der Waals surface area contributed by atoms with Crippen molar-refractivity contribution in [2.75, 3.05) is 26.7 Å². The van der Waals surface area contributed by atoms with Crippen LogP contribution in [0.2, 0.25) is 0 Å². The average Bonchev–Trinajstić information content (AvgIpc) is 2.44. The van der Waals surface area contributed by atoms with Gasteiger partial charge in [-0.05, 0) is 20.4 Å². The predicted molar refractivity (Wildman–Crippen MR) is 78.5 cm³/mol. The van der Waals surface area contributed by atoms with Crippen LogP contribution in [-0.2, 0) is 0 Å². The second-order valence-electron chi connectivity index (χ2n) is 5.48. The molecule has 2 rings (SSSR count). The summed E-state index contributed by atoms with van der Waals surface area (Å²) in [5, 5.41) is 0. The third kappa shape index (κ3) is 3.23. The first-order valence-corrected chi connectivity index (χ1v) is 7.17. The fourth-order valence-corrected chi connectivity index (χ4v) is 2.76. The maximum absolute atomic E-state index is 12.6. The largest absolute Gasteiger partial charge is 0.301 e. The third-order valence-electron chi connectivity index (χ3n) is 4.18. The van der Waals surface area contributed by atoms with Crippen molar-refractivity contribution in [2.45, 2.75) is 32.4 Å². The van der Waals surface area contributed by atoms with E-state index in [0.717, 1.165) is 31.6 Å². The van der Waals surface area contributed by atoms with Crippen LogP contribution in [0.25, 0.3) is 0 Å². The normalized spacial score (nSPS) is 23.2. The molecule has 1 saturated heterocycles. The van der Waals surface area contributed by atoms with Crippen LogP contribution in [-0.4, -0.2) is 54.3 Å². The van der Waals surface area contributed by atoms with Gasteiger partial charge in [0.2, 0.25) is 0 Å². The van der Waals surface area contributed by atoms with Gasteiger partial charge in [0.25, 0.3) is 0 Å². The number of carbonyl (C=O) groups is 1. The fraction of sp³-hybridized carbons (Fsp3) is 0.562. The van der Waals surface area contributed by atoms with E-state index in [9.17, 15) is 4.79 Å². The number of hydrogen-bond donors (Lipinski definition) is 0. The molecule has 0 aliphatic carbocycles. The van der Waals surface area contributed by atoms with Gasteiger partial charge >= 0.3 is 0 Å². The molecule has 1 fully saturated rings. The molecule has 1 aliphatic heterocycles. The molecule has 1 aliphatic rings. The number of carbonyl (C=O) groups excluding carboxylic acids is 1. The molecule has 104 valence electrons. The van der Waals surface area contributed by atoms with E-state index in [1.807, 2.05) is 30.3 Å². The third-order valence-corrected chi connectivity index (χ3v) is 4.18. The van der Waals surface area contributed by atoms with Crippen molar-refractivity contribution in [3.63, 3.8) is 0 Å². The average molecular weight is 260 g/mol. The van der Waals surface area contributed by atoms with Crippen molar-refractivity contribution in [1.82, 2.24) is 9.80 Å². The van der Waals surface area contributed by atoms with E-state index in [2.05, 4.69) is 30.7 Å². The summed E-state index contributed by atoms with van der Waals surface area (Å²) in [5.74, 6) is 0.264. The minimum Gasteiger partial charge on any atom is -0.301 e. The highest BCUT2D eigenvalue weighted by Gasteiger charge is 2.30. The van der Waals surface area contributed by atoms with Gasteiger partial charge in [0.15, 0.2) is 5.78 Å². The monoisotopic (exact) mass is 260 g/mol. The van der Waals surface area contributed by atoms with Gasteiger partial charge in [0.05, 0.1) is 6.04 Å². The molecule has 2 unspecified atom stereocenters. The summed E-state index contributed by atoms with van der Waals surface area (Å²) < 4.78 is 0. The zero-order chi connectivity index (χ0) is 13.8. The number of piperazine rings is 1. The smallest absolute Gasteiger partial charge is 0.179 e. The highest BCUT2D eigenvalue weighted by atomic mass is 16.1. The molecule has 0 radical (unpaired) electrons. The molecule has 0 amide bonds. The standard InChI is InChI=1S/C16H24N2O/c1-4-15(16(19)14-8-6-5-7-9-14)18-11-10-17(3)13(2)12-18/h5-9,13,15H,4,10-12H2,1-3H3. The summed E-state index contributed by atoms with van der Waals surface area (Å²) in [5.41, 5.74) is 0.834. The van der Waals surface area contributed by atoms with Crippen LogP contribution in [0.3, 0.4) is 0 Å². The Balaban J connectivity index is 2.10. The maximum atomic E-state index is 12.6. The highest BCUT2D eigenvalue weighted by Crippen LogP contribution is 2.16. The molecule has 0 aromatic heterocycles. The Morgan fingerprint density at radius 2 is 2.00 bits per heavy atom. The van der Waals surface area contributed by atoms with Crippen LogP contribution >= 0.6 is 0 Å². The summed E-state index contributed by atoms with van der Waals surface area (Å²) in [6.45, 7) is 7.34. The summed E-state index contributed by atoms with van der Waals surface area (Å²) >= 11 is 0. The SMILES string of the molecule is CCC(C(=O)c1ccccc1)N1CCN(C)C(C)C1. The first-order chi connectivity index (χ1) is 9.13. The Hall–Kier alpha value is -1.19. The van der Waals surface area contributed by atoms with Crippen molar-refractivity contribution in [3.05, 3.63) is 35.9 Å². The molecular formula is C16H24N2O. The van der Waals surface area contributed by atoms with Gasteiger partial charge in [-0.15, -0.1) is 0 Å². The van der Waals surface area contributed by atoms with Crippen molar-refractivity contribution < 1.29 is 4.79 Å². The van der Waals surface area contributed by atoms with Gasteiger partial charge in [-0.25, -0.2) is 0 Å². The molecule has 0 saturated carbocycles. The van der Waals surface area contributed by atoms with Crippen LogP contribution in [0.4, 0.5) is 0 Å². The number of hydrogen-bond acceptors (Lipinski definition) is 3. The van der Waals surface area contributed by atoms with Crippen LogP contribution in [0.5, 0.6) is 0 Å². The van der Waals surface area contributed by atoms with E-state index in [0.29, 0.717) is 6.04 Å². The van der Waals surface area contributed by atoms with E-state index in [4.69, 9.17) is 0 Å². The van der Waals surface area contributed by atoms with E-state index in [1.165, 1.54) is 0 Å². The van der Waals surface area contributed by atoms with Crippen molar-refractivity contribution in [1.29, 1.82) is 0 Å². The second kappa shape index (κ2) is 6.31. The first kappa shape index (κ1) is 14.2. The van der Waals surface area contributed by atoms with Crippen molar-refractivity contribution in [2.24, 2.45) is 0 Å². The number of ketones is 1. The lowest BCUT2D eigenvalue weighted by Crippen LogP contribution is -2.55. The Labute approximate surface area is 116 Å². The summed E-state index contributed by atoms with van der Waals surface area (Å²) in [4.78, 5) is 17.3. The molecule has 1 aromatic carbocycles. The minimum absolute atomic E-state index is 0.0264. The quantitative estimate of drug-likeness (QED) is 0.776. The Kier molecular flexibility index (Phi) is 4.72. The molecule has 19 heavy (non-hydrogen) atoms. The Morgan fingerprint density at radius 1 is 1.32 bits per heavy atom. The predicted octanol–water partition coefficient (Wildman–Crippen LogP) is 2.28. The Morgan fingerprint density at radius 3 is 2.58 bits per heavy atom. The molecule has 1 aromatic rings. The van der Waals surface area contributed by atoms with Crippen molar-refractivity contribution in [3.8, 4) is 0 Å². The van der Waals surface area contributed by atoms with Gasteiger partial charge in [-0.2, -0.15) is 0 Å². The summed E-state index contributed by atoms with van der Waals surface area (Å²) in [6, 6.07) is 10.2. The van der Waals surface area contributed by atoms with Gasteiger partial charge < -0.3 is 4.90 Å². The molecule has 2 atom stereocenters. The second-order valence-corrected chi connectivity index (χ2v) is 5.48. The zero-order valence-electron chi connectivity index (χ0n) is 12.2. The fourth-order valence-electron chi connectivity index (χ4n) is 2.76. The number of nitrogens with zero attached hydrogens (tertiary/aromatic N) is 2. The lowest BCUT2D eigenvalue weighted by atomic mass is 9.99. The van der Waals surface area contributed by atoms with E-state index < -0.39 is 0 Å². The summed E-state index contributed by atoms with van der Waals surface area (Å²) in [7, 11) is 2.15. The number of Topliss-reactive ketones (excluding diaryl/α,β-unsaturated/α-hetero) is 1. The number of benzene rings is 1. The molecule has 0 bridgehead atoms. The molecule has 3 heteroatoms. The molecule has 1 heterocycles. The lowest BCUT2D eigenvalue weighted by molar-refractivity contribution is 0.0555. The number of likely N-dealkylation sites (N-methyl/N-ethyl adjacent to an activating group) is 1. The minimum atomic E-state index is 0.0264. The van der Waals surface area contributed by atoms with E-state index >= 15 is 0 Å². The zero-order valence-corrected chi connectivity index (χ0v) is 12.2. The highest BCUT2D eigenvalue weighted by molar-refractivity contribution is 6.00. The molecule has 0 spiro atoms. The first-order valence-electron chi connectivity index (χ1n) is 7.17. The number of rotatable bonds is 4. The van der Waals surface area contributed by atoms with E-state index in [1.54, 1.807) is 0 Å². The molecule has 3 nitrogen and oxygen atoms in total. The van der Waals surface area contributed by atoms with Crippen LogP contribution in [0, 0.1) is 0 Å². The molecule has 0 N–H and O–H groups in total. The van der Waals surface area contributed by atoms with Crippen molar-refractivity contribution >= 4 is 5.78 Å². The van der Waals surface area contributed by atoms with Gasteiger partial charge in [-0.1, -0.05) is 37.3 Å². The summed E-state index contributed by atoms with van der Waals surface area (Å²) in [6.07, 6.45) is 0.879. The van der Waals surface area contributed by atoms with Crippen LogP contribution in [0.1, 0.15) is 30.6 Å². The topological polar surface area (TPSA) is 23.6 Å². The van der Waals surface area contributed by atoms with Gasteiger partial charge in [-0.3, -0.25) is 9.69 Å². The van der Waals surface area contributed by atoms with Crippen LogP contribution in [0.15, 0.2) is 30.3 Å². The van der Waals surface area contributed by atoms with Gasteiger partial charge in [0, 0.05) is 31.2 Å². The van der Waals surface area contributed by atoms with Crippen LogP contribution < -0.4 is 0 Å². The van der Waals surface area contributed by atoms with Gasteiger partial charge in [0.1, 0.15) is 0 Å². The Bertz CT molecular complexity index is 418.